The maximum atomic E-state index is 14.0. The van der Waals surface area contributed by atoms with Gasteiger partial charge in [0.05, 0.1) is 5.69 Å². The summed E-state index contributed by atoms with van der Waals surface area (Å²) in [6.45, 7) is 4.59. The van der Waals surface area contributed by atoms with Crippen molar-refractivity contribution in [2.45, 2.75) is 26.7 Å². The summed E-state index contributed by atoms with van der Waals surface area (Å²) < 4.78 is 14.0. The lowest BCUT2D eigenvalue weighted by atomic mass is 10.2. The highest BCUT2D eigenvalue weighted by Crippen LogP contribution is 2.27. The predicted octanol–water partition coefficient (Wildman–Crippen LogP) is 3.01. The number of nitrogens with two attached hydrogens (primary N) is 1. The molecule has 0 amide bonds. The molecule has 0 aliphatic heterocycles. The number of para-hydroxylation sites is 1. The molecule has 0 aliphatic carbocycles. The Hall–Kier alpha value is -2.21. The number of anilines is 3. The molecule has 0 unspecified atom stereocenters. The van der Waals surface area contributed by atoms with Gasteiger partial charge < -0.3 is 10.3 Å². The van der Waals surface area contributed by atoms with E-state index in [4.69, 9.17) is 5.84 Å². The average molecular weight is 289 g/mol. The third-order valence-electron chi connectivity index (χ3n) is 3.12. The minimum Gasteiger partial charge on any atom is -0.324 e. The Morgan fingerprint density at radius 3 is 2.62 bits per heavy atom. The molecule has 3 N–H and O–H groups in total. The van der Waals surface area contributed by atoms with E-state index in [1.54, 1.807) is 29.2 Å². The van der Waals surface area contributed by atoms with Gasteiger partial charge in [-0.15, -0.1) is 0 Å². The summed E-state index contributed by atoms with van der Waals surface area (Å²) in [5.74, 6) is 7.03. The van der Waals surface area contributed by atoms with Crippen molar-refractivity contribution in [2.75, 3.05) is 16.9 Å². The molecule has 1 heterocycles. The molecule has 1 aromatic carbocycles. The van der Waals surface area contributed by atoms with Crippen LogP contribution in [0.5, 0.6) is 0 Å². The minimum atomic E-state index is -0.280. The lowest BCUT2D eigenvalue weighted by Gasteiger charge is -2.23. The van der Waals surface area contributed by atoms with Crippen molar-refractivity contribution in [3.05, 3.63) is 42.0 Å². The van der Waals surface area contributed by atoms with Crippen molar-refractivity contribution in [3.8, 4) is 0 Å². The fraction of sp³-hybridized carbons (Fsp3) is 0.333. The molecule has 6 heteroatoms. The number of benzene rings is 1. The van der Waals surface area contributed by atoms with Gasteiger partial charge in [0.1, 0.15) is 23.3 Å². The fourth-order valence-corrected chi connectivity index (χ4v) is 2.16. The van der Waals surface area contributed by atoms with Crippen LogP contribution in [0.3, 0.4) is 0 Å². The van der Waals surface area contributed by atoms with Gasteiger partial charge in [0.25, 0.3) is 0 Å². The molecule has 2 aromatic rings. The second kappa shape index (κ2) is 6.99. The number of nitrogens with zero attached hydrogens (tertiary/aromatic N) is 3. The second-order valence-electron chi connectivity index (χ2n) is 4.62. The molecule has 21 heavy (non-hydrogen) atoms. The van der Waals surface area contributed by atoms with Crippen LogP contribution in [0.1, 0.15) is 26.1 Å². The number of hydrazine groups is 1. The number of halogens is 1. The summed E-state index contributed by atoms with van der Waals surface area (Å²) >= 11 is 0. The first-order valence-electron chi connectivity index (χ1n) is 7.06. The Balaban J connectivity index is 2.46. The molecule has 0 spiro atoms. The van der Waals surface area contributed by atoms with E-state index in [2.05, 4.69) is 22.3 Å². The monoisotopic (exact) mass is 289 g/mol. The van der Waals surface area contributed by atoms with Crippen molar-refractivity contribution in [1.82, 2.24) is 9.97 Å². The standard InChI is InChI=1S/C15H20FN5/c1-3-7-13-18-14(20-17)10-15(19-13)21(4-2)12-9-6-5-8-11(12)16/h5-6,8-10H,3-4,7,17H2,1-2H3,(H,18,19,20). The Labute approximate surface area is 124 Å². The van der Waals surface area contributed by atoms with E-state index in [-0.39, 0.29) is 5.82 Å². The first-order valence-corrected chi connectivity index (χ1v) is 7.06. The normalized spacial score (nSPS) is 10.5. The maximum Gasteiger partial charge on any atom is 0.146 e. The van der Waals surface area contributed by atoms with E-state index in [0.717, 1.165) is 12.8 Å². The van der Waals surface area contributed by atoms with Crippen LogP contribution in [0.2, 0.25) is 0 Å². The van der Waals surface area contributed by atoms with Crippen LogP contribution < -0.4 is 16.2 Å². The predicted molar refractivity (Wildman–Crippen MR) is 82.9 cm³/mol. The van der Waals surface area contributed by atoms with Gasteiger partial charge in [-0.2, -0.15) is 0 Å². The van der Waals surface area contributed by atoms with Crippen molar-refractivity contribution in [1.29, 1.82) is 0 Å². The van der Waals surface area contributed by atoms with Gasteiger partial charge in [-0.25, -0.2) is 20.2 Å². The van der Waals surface area contributed by atoms with Gasteiger partial charge in [0, 0.05) is 19.0 Å². The molecule has 2 rings (SSSR count). The zero-order valence-electron chi connectivity index (χ0n) is 12.3. The van der Waals surface area contributed by atoms with Gasteiger partial charge in [0.2, 0.25) is 0 Å². The van der Waals surface area contributed by atoms with Gasteiger partial charge in [-0.3, -0.25) is 0 Å². The van der Waals surface area contributed by atoms with E-state index in [9.17, 15) is 4.39 Å². The summed E-state index contributed by atoms with van der Waals surface area (Å²) in [6, 6.07) is 8.36. The topological polar surface area (TPSA) is 67.1 Å². The molecule has 0 fully saturated rings. The Morgan fingerprint density at radius 2 is 2.00 bits per heavy atom. The smallest absolute Gasteiger partial charge is 0.146 e. The number of hydrogen-bond acceptors (Lipinski definition) is 5. The van der Waals surface area contributed by atoms with Crippen LogP contribution in [0.25, 0.3) is 0 Å². The summed E-state index contributed by atoms with van der Waals surface area (Å²) in [6.07, 6.45) is 1.68. The van der Waals surface area contributed by atoms with Gasteiger partial charge in [-0.1, -0.05) is 19.1 Å². The Bertz CT molecular complexity index is 602. The average Bonchev–Trinajstić information content (AvgIpc) is 2.50. The summed E-state index contributed by atoms with van der Waals surface area (Å²) in [7, 11) is 0. The SMILES string of the molecule is CCCc1nc(NN)cc(N(CC)c2ccccc2F)n1. The van der Waals surface area contributed by atoms with Gasteiger partial charge >= 0.3 is 0 Å². The third-order valence-corrected chi connectivity index (χ3v) is 3.12. The van der Waals surface area contributed by atoms with Crippen LogP contribution in [0.4, 0.5) is 21.7 Å². The number of aromatic nitrogens is 2. The minimum absolute atomic E-state index is 0.280. The van der Waals surface area contributed by atoms with E-state index >= 15 is 0 Å². The van der Waals surface area contributed by atoms with Gasteiger partial charge in [-0.05, 0) is 25.5 Å². The number of aryl methyl sites for hydroxylation is 1. The summed E-state index contributed by atoms with van der Waals surface area (Å²) in [5.41, 5.74) is 3.03. The second-order valence-corrected chi connectivity index (χ2v) is 4.62. The summed E-state index contributed by atoms with van der Waals surface area (Å²) in [4.78, 5) is 10.6. The quantitative estimate of drug-likeness (QED) is 0.632. The van der Waals surface area contributed by atoms with Gasteiger partial charge in [0.15, 0.2) is 0 Å². The van der Waals surface area contributed by atoms with Crippen LogP contribution in [-0.2, 0) is 6.42 Å². The first kappa shape index (κ1) is 15.2. The molecule has 0 radical (unpaired) electrons. The van der Waals surface area contributed by atoms with Crippen molar-refractivity contribution in [3.63, 3.8) is 0 Å². The lowest BCUT2D eigenvalue weighted by Crippen LogP contribution is -2.21. The van der Waals surface area contributed by atoms with Crippen molar-refractivity contribution < 1.29 is 4.39 Å². The molecule has 0 atom stereocenters. The van der Waals surface area contributed by atoms with E-state index in [1.807, 2.05) is 6.92 Å². The Kier molecular flexibility index (Phi) is 5.05. The largest absolute Gasteiger partial charge is 0.324 e. The summed E-state index contributed by atoms with van der Waals surface area (Å²) in [5, 5.41) is 0. The van der Waals surface area contributed by atoms with Crippen molar-refractivity contribution in [2.24, 2.45) is 5.84 Å². The molecule has 1 aromatic heterocycles. The third kappa shape index (κ3) is 3.46. The van der Waals surface area contributed by atoms with Crippen LogP contribution >= 0.6 is 0 Å². The van der Waals surface area contributed by atoms with E-state index < -0.39 is 0 Å². The van der Waals surface area contributed by atoms with Crippen molar-refractivity contribution >= 4 is 17.3 Å². The number of rotatable bonds is 6. The fourth-order valence-electron chi connectivity index (χ4n) is 2.16. The Morgan fingerprint density at radius 1 is 1.24 bits per heavy atom. The molecule has 112 valence electrons. The van der Waals surface area contributed by atoms with E-state index in [1.165, 1.54) is 6.07 Å². The van der Waals surface area contributed by atoms with Crippen LogP contribution in [0.15, 0.2) is 30.3 Å². The highest BCUT2D eigenvalue weighted by molar-refractivity contribution is 5.62. The highest BCUT2D eigenvalue weighted by atomic mass is 19.1. The van der Waals surface area contributed by atoms with Crippen LogP contribution in [-0.4, -0.2) is 16.5 Å². The maximum absolute atomic E-state index is 14.0. The number of nitrogens with one attached hydrogen (secondary N) is 1. The molecular formula is C15H20FN5. The molecular weight excluding hydrogens is 269 g/mol. The first-order chi connectivity index (χ1) is 10.2. The molecule has 0 bridgehead atoms. The number of nitrogen functional groups attached to an aromatic ring is 1. The zero-order chi connectivity index (χ0) is 15.2. The van der Waals surface area contributed by atoms with E-state index in [0.29, 0.717) is 29.7 Å². The lowest BCUT2D eigenvalue weighted by molar-refractivity contribution is 0.625. The zero-order valence-corrected chi connectivity index (χ0v) is 12.3. The van der Waals surface area contributed by atoms with Crippen LogP contribution in [0, 0.1) is 5.82 Å². The molecule has 0 saturated carbocycles. The molecule has 5 nitrogen and oxygen atoms in total. The highest BCUT2D eigenvalue weighted by Gasteiger charge is 2.15. The number of hydrogen-bond donors (Lipinski definition) is 2. The molecule has 0 saturated heterocycles. The molecule has 0 aliphatic rings.